The Balaban J connectivity index is 1.73. The molecule has 1 aromatic heterocycles. The summed E-state index contributed by atoms with van der Waals surface area (Å²) in [4.78, 5) is 5.57. The Bertz CT molecular complexity index is 327. The molecule has 0 saturated heterocycles. The first-order chi connectivity index (χ1) is 7.77. The van der Waals surface area contributed by atoms with Gasteiger partial charge in [-0.15, -0.1) is 11.3 Å². The fourth-order valence-electron chi connectivity index (χ4n) is 2.20. The van der Waals surface area contributed by atoms with Crippen molar-refractivity contribution in [3.63, 3.8) is 0 Å². The minimum absolute atomic E-state index is 0.247. The lowest BCUT2D eigenvalue weighted by atomic mass is 9.93. The Morgan fingerprint density at radius 3 is 3.00 bits per heavy atom. The summed E-state index contributed by atoms with van der Waals surface area (Å²) in [5.41, 5.74) is 9.07. The summed E-state index contributed by atoms with van der Waals surface area (Å²) in [5, 5.41) is 0. The third-order valence-corrected chi connectivity index (χ3v) is 4.25. The number of hydrogen-bond donors (Lipinski definition) is 1. The Morgan fingerprint density at radius 1 is 1.50 bits per heavy atom. The molecule has 4 heteroatoms. The van der Waals surface area contributed by atoms with Crippen LogP contribution in [0.25, 0.3) is 0 Å². The van der Waals surface area contributed by atoms with Crippen LogP contribution in [-0.4, -0.2) is 23.7 Å². The second-order valence-corrected chi connectivity index (χ2v) is 5.41. The lowest BCUT2D eigenvalue weighted by molar-refractivity contribution is 0.0170. The van der Waals surface area contributed by atoms with Gasteiger partial charge in [-0.05, 0) is 19.8 Å². The number of nitrogens with zero attached hydrogens (tertiary/aromatic N) is 1. The molecule has 2 N–H and O–H groups in total. The lowest BCUT2D eigenvalue weighted by Crippen LogP contribution is -2.39. The number of aromatic nitrogens is 1. The minimum Gasteiger partial charge on any atom is -0.376 e. The third-order valence-electron chi connectivity index (χ3n) is 3.26. The van der Waals surface area contributed by atoms with Crippen LogP contribution in [0, 0.1) is 6.92 Å². The average molecular weight is 240 g/mol. The van der Waals surface area contributed by atoms with Gasteiger partial charge in [-0.25, -0.2) is 4.98 Å². The highest BCUT2D eigenvalue weighted by atomic mass is 32.1. The number of aryl methyl sites for hydroxylation is 1. The van der Waals surface area contributed by atoms with Crippen LogP contribution in [-0.2, 0) is 11.2 Å². The minimum atomic E-state index is 0.247. The monoisotopic (exact) mass is 240 g/mol. The van der Waals surface area contributed by atoms with E-state index in [1.54, 1.807) is 11.3 Å². The highest BCUT2D eigenvalue weighted by Gasteiger charge is 2.22. The van der Waals surface area contributed by atoms with E-state index in [9.17, 15) is 0 Å². The van der Waals surface area contributed by atoms with Gasteiger partial charge in [0, 0.05) is 17.3 Å². The van der Waals surface area contributed by atoms with Gasteiger partial charge in [0.2, 0.25) is 0 Å². The molecular formula is C12H20N2OS. The van der Waals surface area contributed by atoms with Crippen LogP contribution >= 0.6 is 11.3 Å². The quantitative estimate of drug-likeness (QED) is 0.878. The van der Waals surface area contributed by atoms with Gasteiger partial charge < -0.3 is 10.5 Å². The van der Waals surface area contributed by atoms with Gasteiger partial charge in [0.1, 0.15) is 0 Å². The Morgan fingerprint density at radius 2 is 2.31 bits per heavy atom. The summed E-state index contributed by atoms with van der Waals surface area (Å²) in [6, 6.07) is 0.247. The Labute approximate surface area is 101 Å². The number of hydrogen-bond acceptors (Lipinski definition) is 4. The van der Waals surface area contributed by atoms with Crippen LogP contribution in [0.5, 0.6) is 0 Å². The summed E-state index contributed by atoms with van der Waals surface area (Å²) in [6.45, 7) is 2.83. The van der Waals surface area contributed by atoms with Crippen LogP contribution in [0.1, 0.15) is 36.3 Å². The maximum Gasteiger partial charge on any atom is 0.0797 e. The van der Waals surface area contributed by atoms with E-state index in [1.807, 2.05) is 5.51 Å². The van der Waals surface area contributed by atoms with E-state index in [4.69, 9.17) is 10.5 Å². The van der Waals surface area contributed by atoms with Crippen molar-refractivity contribution in [3.8, 4) is 0 Å². The summed E-state index contributed by atoms with van der Waals surface area (Å²) in [6.07, 6.45) is 6.02. The normalized spacial score (nSPS) is 25.9. The van der Waals surface area contributed by atoms with E-state index in [0.29, 0.717) is 0 Å². The van der Waals surface area contributed by atoms with Crippen molar-refractivity contribution in [2.75, 3.05) is 6.61 Å². The van der Waals surface area contributed by atoms with Crippen molar-refractivity contribution in [1.29, 1.82) is 0 Å². The van der Waals surface area contributed by atoms with Crippen LogP contribution < -0.4 is 5.73 Å². The molecule has 2 atom stereocenters. The predicted octanol–water partition coefficient (Wildman–Crippen LogP) is 2.28. The van der Waals surface area contributed by atoms with Gasteiger partial charge >= 0.3 is 0 Å². The van der Waals surface area contributed by atoms with Crippen LogP contribution in [0.3, 0.4) is 0 Å². The first-order valence-corrected chi connectivity index (χ1v) is 6.91. The predicted molar refractivity (Wildman–Crippen MR) is 66.7 cm³/mol. The number of nitrogens with two attached hydrogens (primary N) is 1. The van der Waals surface area contributed by atoms with E-state index in [0.717, 1.165) is 31.6 Å². The largest absolute Gasteiger partial charge is 0.376 e. The second kappa shape index (κ2) is 5.75. The Kier molecular flexibility index (Phi) is 4.32. The molecule has 0 amide bonds. The lowest BCUT2D eigenvalue weighted by Gasteiger charge is -2.28. The topological polar surface area (TPSA) is 48.1 Å². The maximum atomic E-state index is 6.03. The number of rotatable bonds is 4. The first kappa shape index (κ1) is 12.0. The zero-order chi connectivity index (χ0) is 11.4. The van der Waals surface area contributed by atoms with Gasteiger partial charge in [-0.3, -0.25) is 0 Å². The molecule has 0 spiro atoms. The molecule has 0 radical (unpaired) electrons. The van der Waals surface area contributed by atoms with Crippen LogP contribution in [0.15, 0.2) is 5.51 Å². The van der Waals surface area contributed by atoms with E-state index < -0.39 is 0 Å². The zero-order valence-corrected chi connectivity index (χ0v) is 10.6. The molecule has 2 unspecified atom stereocenters. The van der Waals surface area contributed by atoms with E-state index in [-0.39, 0.29) is 12.1 Å². The molecule has 1 aromatic rings. The molecule has 1 aliphatic carbocycles. The van der Waals surface area contributed by atoms with Crippen molar-refractivity contribution in [3.05, 3.63) is 16.1 Å². The summed E-state index contributed by atoms with van der Waals surface area (Å²) >= 11 is 1.71. The van der Waals surface area contributed by atoms with Crippen LogP contribution in [0.2, 0.25) is 0 Å². The maximum absolute atomic E-state index is 6.03. The van der Waals surface area contributed by atoms with E-state index in [1.165, 1.54) is 17.7 Å². The molecule has 90 valence electrons. The van der Waals surface area contributed by atoms with E-state index in [2.05, 4.69) is 11.9 Å². The smallest absolute Gasteiger partial charge is 0.0797 e. The summed E-state index contributed by atoms with van der Waals surface area (Å²) in [5.74, 6) is 0. The third kappa shape index (κ3) is 3.03. The molecule has 16 heavy (non-hydrogen) atoms. The number of ether oxygens (including phenoxy) is 1. The Hall–Kier alpha value is -0.450. The number of thiazole rings is 1. The SMILES string of the molecule is Cc1ncsc1CCOC1CCCCC1N. The van der Waals surface area contributed by atoms with Gasteiger partial charge in [0.15, 0.2) is 0 Å². The summed E-state index contributed by atoms with van der Waals surface area (Å²) < 4.78 is 5.88. The molecule has 2 rings (SSSR count). The van der Waals surface area contributed by atoms with Crippen molar-refractivity contribution in [2.24, 2.45) is 5.73 Å². The van der Waals surface area contributed by atoms with E-state index >= 15 is 0 Å². The standard InChI is InChI=1S/C12H20N2OS/c1-9-12(16-8-14-9)6-7-15-11-5-3-2-4-10(11)13/h8,10-11H,2-7,13H2,1H3. The molecular weight excluding hydrogens is 220 g/mol. The van der Waals surface area contributed by atoms with Crippen molar-refractivity contribution >= 4 is 11.3 Å². The van der Waals surface area contributed by atoms with Crippen molar-refractivity contribution < 1.29 is 4.74 Å². The molecule has 0 bridgehead atoms. The molecule has 0 aliphatic heterocycles. The molecule has 3 nitrogen and oxygen atoms in total. The fraction of sp³-hybridized carbons (Fsp3) is 0.750. The van der Waals surface area contributed by atoms with Gasteiger partial charge in [0.05, 0.1) is 23.9 Å². The second-order valence-electron chi connectivity index (χ2n) is 4.47. The molecule has 1 heterocycles. The molecule has 1 fully saturated rings. The molecule has 1 saturated carbocycles. The molecule has 1 aliphatic rings. The molecule has 0 aromatic carbocycles. The highest BCUT2D eigenvalue weighted by Crippen LogP contribution is 2.20. The fourth-order valence-corrected chi connectivity index (χ4v) is 2.96. The summed E-state index contributed by atoms with van der Waals surface area (Å²) in [7, 11) is 0. The van der Waals surface area contributed by atoms with Gasteiger partial charge in [-0.1, -0.05) is 12.8 Å². The van der Waals surface area contributed by atoms with Gasteiger partial charge in [0.25, 0.3) is 0 Å². The van der Waals surface area contributed by atoms with Crippen molar-refractivity contribution in [2.45, 2.75) is 51.2 Å². The van der Waals surface area contributed by atoms with Crippen molar-refractivity contribution in [1.82, 2.24) is 4.98 Å². The average Bonchev–Trinajstić information content (AvgIpc) is 2.67. The first-order valence-electron chi connectivity index (χ1n) is 6.03. The highest BCUT2D eigenvalue weighted by molar-refractivity contribution is 7.09. The zero-order valence-electron chi connectivity index (χ0n) is 9.82. The van der Waals surface area contributed by atoms with Crippen LogP contribution in [0.4, 0.5) is 0 Å². The van der Waals surface area contributed by atoms with Gasteiger partial charge in [-0.2, -0.15) is 0 Å².